The minimum absolute atomic E-state index is 0.0464. The highest BCUT2D eigenvalue weighted by atomic mass is 35.5. The summed E-state index contributed by atoms with van der Waals surface area (Å²) in [6, 6.07) is 14.2. The summed E-state index contributed by atoms with van der Waals surface area (Å²) in [4.78, 5) is 20.2. The van der Waals surface area contributed by atoms with Crippen LogP contribution >= 0.6 is 11.6 Å². The zero-order valence-electron chi connectivity index (χ0n) is 18.0. The van der Waals surface area contributed by atoms with Crippen molar-refractivity contribution in [3.8, 4) is 11.6 Å². The molecule has 0 bridgehead atoms. The normalized spacial score (nSPS) is 16.4. The number of benzene rings is 2. The molecule has 4 rings (SSSR count). The van der Waals surface area contributed by atoms with E-state index in [-0.39, 0.29) is 17.0 Å². The molecule has 1 N–H and O–H groups in total. The molecule has 31 heavy (non-hydrogen) atoms. The van der Waals surface area contributed by atoms with E-state index in [1.807, 2.05) is 18.2 Å². The predicted octanol–water partition coefficient (Wildman–Crippen LogP) is 5.03. The molecule has 0 saturated heterocycles. The van der Waals surface area contributed by atoms with Crippen LogP contribution < -0.4 is 5.56 Å². The van der Waals surface area contributed by atoms with Crippen molar-refractivity contribution in [1.29, 1.82) is 0 Å². The minimum Gasteiger partial charge on any atom is -0.494 e. The molecular weight excluding hydrogens is 410 g/mol. The van der Waals surface area contributed by atoms with E-state index in [9.17, 15) is 9.90 Å². The molecular formula is C25H28ClN3O2. The second kappa shape index (κ2) is 8.85. The van der Waals surface area contributed by atoms with Gasteiger partial charge in [0.05, 0.1) is 17.8 Å². The van der Waals surface area contributed by atoms with Gasteiger partial charge in [0, 0.05) is 27.5 Å². The van der Waals surface area contributed by atoms with Crippen LogP contribution in [0.25, 0.3) is 16.5 Å². The van der Waals surface area contributed by atoms with E-state index < -0.39 is 0 Å². The Morgan fingerprint density at radius 2 is 1.71 bits per heavy atom. The summed E-state index contributed by atoms with van der Waals surface area (Å²) < 4.78 is 1.32. The molecule has 1 heterocycles. The van der Waals surface area contributed by atoms with E-state index in [1.54, 1.807) is 36.5 Å². The van der Waals surface area contributed by atoms with E-state index in [0.29, 0.717) is 33.6 Å². The standard InChI is InChI=1S/C25H28ClN3O2/c1-28(2)25(14-6-3-7-15-25)17-27-16-22-20-8-4-5-9-21(20)23(30)29(24(22)31)19-12-10-18(26)11-13-19/h4-5,8-13,16,31H,3,6-7,14-15,17H2,1-2H3. The first-order valence-electron chi connectivity index (χ1n) is 10.7. The molecule has 5 nitrogen and oxygen atoms in total. The number of hydrogen-bond donors (Lipinski definition) is 1. The molecule has 6 heteroatoms. The molecule has 1 aliphatic rings. The number of rotatable bonds is 5. The Morgan fingerprint density at radius 3 is 2.35 bits per heavy atom. The number of likely N-dealkylation sites (N-methyl/N-ethyl adjacent to an activating group) is 1. The van der Waals surface area contributed by atoms with Crippen LogP contribution in [-0.2, 0) is 0 Å². The van der Waals surface area contributed by atoms with Gasteiger partial charge < -0.3 is 10.0 Å². The van der Waals surface area contributed by atoms with Gasteiger partial charge in [0.25, 0.3) is 5.56 Å². The van der Waals surface area contributed by atoms with Gasteiger partial charge in [-0.05, 0) is 57.3 Å². The third kappa shape index (κ3) is 4.12. The van der Waals surface area contributed by atoms with Crippen LogP contribution in [0.2, 0.25) is 5.02 Å². The lowest BCUT2D eigenvalue weighted by molar-refractivity contribution is 0.110. The average molecular weight is 438 g/mol. The van der Waals surface area contributed by atoms with Crippen molar-refractivity contribution in [3.05, 3.63) is 69.5 Å². The number of pyridine rings is 1. The molecule has 0 spiro atoms. The summed E-state index contributed by atoms with van der Waals surface area (Å²) >= 11 is 6.01. The van der Waals surface area contributed by atoms with Gasteiger partial charge >= 0.3 is 0 Å². The van der Waals surface area contributed by atoms with Gasteiger partial charge in [0.1, 0.15) is 0 Å². The zero-order chi connectivity index (χ0) is 22.0. The highest BCUT2D eigenvalue weighted by Gasteiger charge is 2.33. The van der Waals surface area contributed by atoms with Gasteiger partial charge in [-0.1, -0.05) is 49.1 Å². The summed E-state index contributed by atoms with van der Waals surface area (Å²) in [5, 5.41) is 12.9. The second-order valence-electron chi connectivity index (χ2n) is 8.55. The van der Waals surface area contributed by atoms with E-state index in [0.717, 1.165) is 12.8 Å². The van der Waals surface area contributed by atoms with E-state index in [2.05, 4.69) is 19.0 Å². The first-order chi connectivity index (χ1) is 14.9. The molecule has 0 unspecified atom stereocenters. The molecule has 0 atom stereocenters. The van der Waals surface area contributed by atoms with Gasteiger partial charge in [0.2, 0.25) is 5.88 Å². The molecule has 3 aromatic rings. The maximum atomic E-state index is 13.2. The number of aromatic nitrogens is 1. The Balaban J connectivity index is 1.81. The summed E-state index contributed by atoms with van der Waals surface area (Å²) in [5.74, 6) is -0.114. The van der Waals surface area contributed by atoms with Crippen LogP contribution in [0.15, 0.2) is 58.3 Å². The van der Waals surface area contributed by atoms with Crippen LogP contribution in [0.5, 0.6) is 5.88 Å². The quantitative estimate of drug-likeness (QED) is 0.569. The van der Waals surface area contributed by atoms with Crippen LogP contribution in [-0.4, -0.2) is 47.0 Å². The SMILES string of the molecule is CN(C)C1(CN=Cc2c(O)n(-c3ccc(Cl)cc3)c(=O)c3ccccc23)CCCCC1. The van der Waals surface area contributed by atoms with Gasteiger partial charge in [0.15, 0.2) is 0 Å². The fourth-order valence-electron chi connectivity index (χ4n) is 4.58. The molecule has 0 aliphatic heterocycles. The molecule has 2 aromatic carbocycles. The minimum atomic E-state index is -0.274. The number of hydrogen-bond acceptors (Lipinski definition) is 4. The highest BCUT2D eigenvalue weighted by Crippen LogP contribution is 2.33. The first kappa shape index (κ1) is 21.6. The summed E-state index contributed by atoms with van der Waals surface area (Å²) in [7, 11) is 4.24. The van der Waals surface area contributed by atoms with Gasteiger partial charge in [-0.3, -0.25) is 9.79 Å². The Labute approximate surface area is 187 Å². The molecule has 0 radical (unpaired) electrons. The fraction of sp³-hybridized carbons (Fsp3) is 0.360. The van der Waals surface area contributed by atoms with Gasteiger partial charge in [-0.2, -0.15) is 0 Å². The number of halogens is 1. The molecule has 1 aliphatic carbocycles. The van der Waals surface area contributed by atoms with Crippen molar-refractivity contribution in [2.45, 2.75) is 37.6 Å². The van der Waals surface area contributed by atoms with Crippen LogP contribution in [0.4, 0.5) is 0 Å². The Kier molecular flexibility index (Phi) is 6.17. The Hall–Kier alpha value is -2.63. The van der Waals surface area contributed by atoms with Crippen LogP contribution in [0.1, 0.15) is 37.7 Å². The zero-order valence-corrected chi connectivity index (χ0v) is 18.8. The number of aliphatic imine (C=N–C) groups is 1. The third-order valence-corrected chi connectivity index (χ3v) is 6.78. The lowest BCUT2D eigenvalue weighted by Crippen LogP contribution is -2.48. The van der Waals surface area contributed by atoms with Gasteiger partial charge in [-0.15, -0.1) is 0 Å². The Morgan fingerprint density at radius 1 is 1.06 bits per heavy atom. The van der Waals surface area contributed by atoms with Crippen molar-refractivity contribution in [1.82, 2.24) is 9.47 Å². The highest BCUT2D eigenvalue weighted by molar-refractivity contribution is 6.30. The van der Waals surface area contributed by atoms with E-state index >= 15 is 0 Å². The van der Waals surface area contributed by atoms with Crippen molar-refractivity contribution < 1.29 is 5.11 Å². The van der Waals surface area contributed by atoms with Crippen molar-refractivity contribution >= 4 is 28.6 Å². The number of fused-ring (bicyclic) bond motifs is 1. The maximum absolute atomic E-state index is 13.2. The van der Waals surface area contributed by atoms with E-state index in [1.165, 1.54) is 23.8 Å². The first-order valence-corrected chi connectivity index (χ1v) is 11.1. The summed E-state index contributed by atoms with van der Waals surface area (Å²) in [5.41, 5.74) is 0.883. The fourth-order valence-corrected chi connectivity index (χ4v) is 4.71. The average Bonchev–Trinajstić information content (AvgIpc) is 2.78. The number of nitrogens with zero attached hydrogens (tertiary/aromatic N) is 3. The second-order valence-corrected chi connectivity index (χ2v) is 8.99. The molecule has 1 fully saturated rings. The van der Waals surface area contributed by atoms with Crippen LogP contribution in [0.3, 0.4) is 0 Å². The maximum Gasteiger partial charge on any atom is 0.265 e. The lowest BCUT2D eigenvalue weighted by Gasteiger charge is -2.42. The van der Waals surface area contributed by atoms with Crippen LogP contribution in [0, 0.1) is 0 Å². The molecule has 1 saturated carbocycles. The number of aromatic hydroxyl groups is 1. The van der Waals surface area contributed by atoms with Crippen molar-refractivity contribution in [2.75, 3.05) is 20.6 Å². The Bertz CT molecular complexity index is 1160. The predicted molar refractivity (Wildman–Crippen MR) is 128 cm³/mol. The van der Waals surface area contributed by atoms with Crippen molar-refractivity contribution in [3.63, 3.8) is 0 Å². The largest absolute Gasteiger partial charge is 0.494 e. The summed E-state index contributed by atoms with van der Waals surface area (Å²) in [6.45, 7) is 0.661. The molecule has 0 amide bonds. The van der Waals surface area contributed by atoms with E-state index in [4.69, 9.17) is 16.6 Å². The molecule has 162 valence electrons. The summed E-state index contributed by atoms with van der Waals surface area (Å²) in [6.07, 6.45) is 7.66. The van der Waals surface area contributed by atoms with Gasteiger partial charge in [-0.25, -0.2) is 4.57 Å². The monoisotopic (exact) mass is 437 g/mol. The lowest BCUT2D eigenvalue weighted by atomic mass is 9.81. The molecule has 1 aromatic heterocycles. The third-order valence-electron chi connectivity index (χ3n) is 6.53. The smallest absolute Gasteiger partial charge is 0.265 e. The topological polar surface area (TPSA) is 57.8 Å². The van der Waals surface area contributed by atoms with Crippen molar-refractivity contribution in [2.24, 2.45) is 4.99 Å².